The molecule has 8 nitrogen and oxygen atoms in total. The SMILES string of the molecule is COc1cn(-c2ccc(F)cc2)nc1C(=O)Nc1cc(OC)c(OC)c(OC)c1. The molecule has 1 aromatic heterocycles. The van der Waals surface area contributed by atoms with E-state index in [1.807, 2.05) is 0 Å². The van der Waals surface area contributed by atoms with Gasteiger partial charge in [-0.1, -0.05) is 0 Å². The number of hydrogen-bond acceptors (Lipinski definition) is 6. The number of anilines is 1. The summed E-state index contributed by atoms with van der Waals surface area (Å²) in [6.07, 6.45) is 1.54. The van der Waals surface area contributed by atoms with E-state index >= 15 is 0 Å². The van der Waals surface area contributed by atoms with E-state index in [-0.39, 0.29) is 17.3 Å². The van der Waals surface area contributed by atoms with Crippen LogP contribution in [0.1, 0.15) is 10.5 Å². The summed E-state index contributed by atoms with van der Waals surface area (Å²) in [6.45, 7) is 0. The highest BCUT2D eigenvalue weighted by Crippen LogP contribution is 2.40. The van der Waals surface area contributed by atoms with E-state index in [2.05, 4.69) is 10.4 Å². The molecule has 2 aromatic carbocycles. The van der Waals surface area contributed by atoms with Crippen LogP contribution in [-0.2, 0) is 0 Å². The van der Waals surface area contributed by atoms with Crippen molar-refractivity contribution in [3.63, 3.8) is 0 Å². The van der Waals surface area contributed by atoms with Crippen LogP contribution >= 0.6 is 0 Å². The van der Waals surface area contributed by atoms with Crippen LogP contribution in [0.2, 0.25) is 0 Å². The third-order valence-electron chi connectivity index (χ3n) is 4.13. The van der Waals surface area contributed by atoms with Crippen molar-refractivity contribution in [2.24, 2.45) is 0 Å². The van der Waals surface area contributed by atoms with Gasteiger partial charge in [-0.05, 0) is 24.3 Å². The molecule has 0 saturated carbocycles. The van der Waals surface area contributed by atoms with Gasteiger partial charge in [0.05, 0.1) is 40.3 Å². The van der Waals surface area contributed by atoms with Crippen molar-refractivity contribution < 1.29 is 28.1 Å². The van der Waals surface area contributed by atoms with Gasteiger partial charge in [0.15, 0.2) is 22.9 Å². The third-order valence-corrected chi connectivity index (χ3v) is 4.13. The first kappa shape index (κ1) is 20.0. The van der Waals surface area contributed by atoms with Crippen LogP contribution in [0.4, 0.5) is 10.1 Å². The molecule has 1 N–H and O–H groups in total. The molecule has 3 rings (SSSR count). The summed E-state index contributed by atoms with van der Waals surface area (Å²) in [7, 11) is 5.89. The van der Waals surface area contributed by atoms with E-state index in [4.69, 9.17) is 18.9 Å². The number of benzene rings is 2. The molecule has 0 unspecified atom stereocenters. The van der Waals surface area contributed by atoms with Crippen LogP contribution < -0.4 is 24.3 Å². The van der Waals surface area contributed by atoms with Gasteiger partial charge in [-0.15, -0.1) is 0 Å². The lowest BCUT2D eigenvalue weighted by Crippen LogP contribution is -2.14. The first-order valence-electron chi connectivity index (χ1n) is 8.51. The van der Waals surface area contributed by atoms with E-state index in [0.717, 1.165) is 0 Å². The minimum atomic E-state index is -0.503. The van der Waals surface area contributed by atoms with Crippen molar-refractivity contribution in [1.82, 2.24) is 9.78 Å². The maximum Gasteiger partial charge on any atom is 0.280 e. The van der Waals surface area contributed by atoms with E-state index < -0.39 is 5.91 Å². The molecule has 9 heteroatoms. The number of amides is 1. The highest BCUT2D eigenvalue weighted by molar-refractivity contribution is 6.05. The Labute approximate surface area is 166 Å². The van der Waals surface area contributed by atoms with E-state index in [1.54, 1.807) is 24.3 Å². The average Bonchev–Trinajstić information content (AvgIpc) is 3.18. The Morgan fingerprint density at radius 2 is 1.52 bits per heavy atom. The summed E-state index contributed by atoms with van der Waals surface area (Å²) in [5, 5.41) is 7.00. The number of ether oxygens (including phenoxy) is 4. The zero-order chi connectivity index (χ0) is 21.0. The molecule has 0 aliphatic heterocycles. The molecule has 0 spiro atoms. The topological polar surface area (TPSA) is 83.8 Å². The highest BCUT2D eigenvalue weighted by atomic mass is 19.1. The lowest BCUT2D eigenvalue weighted by Gasteiger charge is -2.14. The smallest absolute Gasteiger partial charge is 0.280 e. The van der Waals surface area contributed by atoms with Crippen LogP contribution in [0, 0.1) is 5.82 Å². The van der Waals surface area contributed by atoms with Gasteiger partial charge in [-0.2, -0.15) is 5.10 Å². The fourth-order valence-electron chi connectivity index (χ4n) is 2.73. The van der Waals surface area contributed by atoms with Gasteiger partial charge in [-0.25, -0.2) is 9.07 Å². The molecular weight excluding hydrogens is 381 g/mol. The molecule has 152 valence electrons. The zero-order valence-corrected chi connectivity index (χ0v) is 16.4. The summed E-state index contributed by atoms with van der Waals surface area (Å²) in [4.78, 5) is 12.8. The average molecular weight is 401 g/mol. The lowest BCUT2D eigenvalue weighted by molar-refractivity contribution is 0.101. The number of hydrogen-bond donors (Lipinski definition) is 1. The Bertz CT molecular complexity index is 992. The second kappa shape index (κ2) is 8.51. The third kappa shape index (κ3) is 4.08. The summed E-state index contributed by atoms with van der Waals surface area (Å²) < 4.78 is 35.7. The minimum Gasteiger partial charge on any atom is -0.493 e. The predicted octanol–water partition coefficient (Wildman–Crippen LogP) is 3.30. The first-order chi connectivity index (χ1) is 14.0. The maximum atomic E-state index is 13.2. The molecule has 0 bridgehead atoms. The normalized spacial score (nSPS) is 10.4. The largest absolute Gasteiger partial charge is 0.493 e. The molecule has 0 aliphatic carbocycles. The van der Waals surface area contributed by atoms with Gasteiger partial charge in [0, 0.05) is 17.8 Å². The van der Waals surface area contributed by atoms with Crippen LogP contribution in [0.25, 0.3) is 5.69 Å². The van der Waals surface area contributed by atoms with Crippen molar-refractivity contribution in [3.8, 4) is 28.7 Å². The fourth-order valence-corrected chi connectivity index (χ4v) is 2.73. The van der Waals surface area contributed by atoms with Gasteiger partial charge in [0.2, 0.25) is 5.75 Å². The number of nitrogens with zero attached hydrogens (tertiary/aromatic N) is 2. The van der Waals surface area contributed by atoms with Crippen LogP contribution in [0.3, 0.4) is 0 Å². The van der Waals surface area contributed by atoms with E-state index in [0.29, 0.717) is 28.6 Å². The summed E-state index contributed by atoms with van der Waals surface area (Å²) in [6, 6.07) is 8.90. The van der Waals surface area contributed by atoms with E-state index in [1.165, 1.54) is 51.5 Å². The standard InChI is InChI=1S/C20H20FN3O5/c1-26-15-9-13(10-16(27-2)19(15)29-4)22-20(25)18-17(28-3)11-24(23-18)14-7-5-12(21)6-8-14/h5-11H,1-4H3,(H,22,25). The molecule has 0 saturated heterocycles. The fraction of sp³-hybridized carbons (Fsp3) is 0.200. The molecule has 0 radical (unpaired) electrons. The number of halogens is 1. The molecule has 1 amide bonds. The van der Waals surface area contributed by atoms with Gasteiger partial charge in [0.1, 0.15) is 5.82 Å². The van der Waals surface area contributed by atoms with Gasteiger partial charge in [-0.3, -0.25) is 4.79 Å². The van der Waals surface area contributed by atoms with Crippen LogP contribution in [-0.4, -0.2) is 44.1 Å². The number of aromatic nitrogens is 2. The zero-order valence-electron chi connectivity index (χ0n) is 16.4. The predicted molar refractivity (Wildman–Crippen MR) is 104 cm³/mol. The lowest BCUT2D eigenvalue weighted by atomic mass is 10.2. The Morgan fingerprint density at radius 1 is 0.931 bits per heavy atom. The quantitative estimate of drug-likeness (QED) is 0.654. The van der Waals surface area contributed by atoms with Crippen LogP contribution in [0.5, 0.6) is 23.0 Å². The van der Waals surface area contributed by atoms with Crippen LogP contribution in [0.15, 0.2) is 42.6 Å². The summed E-state index contributed by atoms with van der Waals surface area (Å²) in [5.74, 6) is 0.590. The number of carbonyl (C=O) groups excluding carboxylic acids is 1. The Balaban J connectivity index is 1.92. The Kier molecular flexibility index (Phi) is 5.87. The monoisotopic (exact) mass is 401 g/mol. The van der Waals surface area contributed by atoms with Gasteiger partial charge >= 0.3 is 0 Å². The number of methoxy groups -OCH3 is 4. The maximum absolute atomic E-state index is 13.2. The highest BCUT2D eigenvalue weighted by Gasteiger charge is 2.20. The summed E-state index contributed by atoms with van der Waals surface area (Å²) >= 11 is 0. The molecule has 0 atom stereocenters. The van der Waals surface area contributed by atoms with Gasteiger partial charge in [0.25, 0.3) is 5.91 Å². The molecule has 1 heterocycles. The Morgan fingerprint density at radius 3 is 2.03 bits per heavy atom. The number of rotatable bonds is 7. The molecule has 3 aromatic rings. The van der Waals surface area contributed by atoms with Gasteiger partial charge < -0.3 is 24.3 Å². The number of nitrogens with one attached hydrogen (secondary N) is 1. The molecule has 0 fully saturated rings. The van der Waals surface area contributed by atoms with Crippen molar-refractivity contribution >= 4 is 11.6 Å². The second-order valence-corrected chi connectivity index (χ2v) is 5.84. The molecule has 0 aliphatic rings. The first-order valence-corrected chi connectivity index (χ1v) is 8.51. The summed E-state index contributed by atoms with van der Waals surface area (Å²) in [5.41, 5.74) is 1.06. The Hall–Kier alpha value is -3.75. The van der Waals surface area contributed by atoms with E-state index in [9.17, 15) is 9.18 Å². The minimum absolute atomic E-state index is 0.0607. The molecule has 29 heavy (non-hydrogen) atoms. The second-order valence-electron chi connectivity index (χ2n) is 5.84. The van der Waals surface area contributed by atoms with Crippen molar-refractivity contribution in [2.45, 2.75) is 0 Å². The number of carbonyl (C=O) groups is 1. The van der Waals surface area contributed by atoms with Crippen molar-refractivity contribution in [2.75, 3.05) is 33.8 Å². The van der Waals surface area contributed by atoms with Crippen molar-refractivity contribution in [1.29, 1.82) is 0 Å². The molecular formula is C20H20FN3O5. The van der Waals surface area contributed by atoms with Crippen molar-refractivity contribution in [3.05, 3.63) is 54.1 Å².